The molecule has 0 bridgehead atoms. The summed E-state index contributed by atoms with van der Waals surface area (Å²) in [6.45, 7) is 6.56. The Labute approximate surface area is 69.6 Å². The molecule has 0 aromatic rings. The highest BCUT2D eigenvalue weighted by atomic mass is 16.5. The summed E-state index contributed by atoms with van der Waals surface area (Å²) in [5.74, 6) is 0.919. The molecule has 0 radical (unpaired) electrons. The Hall–Kier alpha value is -0.0800. The largest absolute Gasteiger partial charge is 0.396 e. The molecule has 0 fully saturated rings. The van der Waals surface area contributed by atoms with E-state index in [0.29, 0.717) is 11.8 Å². The number of methoxy groups -OCH3 is 1. The lowest BCUT2D eigenvalue weighted by Crippen LogP contribution is -2.20. The van der Waals surface area contributed by atoms with E-state index >= 15 is 0 Å². The van der Waals surface area contributed by atoms with Crippen LogP contribution in [-0.2, 0) is 4.74 Å². The lowest BCUT2D eigenvalue weighted by atomic mass is 9.91. The quantitative estimate of drug-likeness (QED) is 0.663. The molecule has 11 heavy (non-hydrogen) atoms. The molecular formula is C9H20O2. The molecule has 0 aliphatic heterocycles. The predicted octanol–water partition coefficient (Wildman–Crippen LogP) is 1.68. The molecule has 0 aliphatic rings. The van der Waals surface area contributed by atoms with E-state index in [2.05, 4.69) is 13.8 Å². The van der Waals surface area contributed by atoms with Gasteiger partial charge in [-0.2, -0.15) is 0 Å². The molecule has 1 N–H and O–H groups in total. The van der Waals surface area contributed by atoms with E-state index < -0.39 is 0 Å². The molecule has 0 aromatic heterocycles. The van der Waals surface area contributed by atoms with E-state index in [4.69, 9.17) is 9.84 Å². The van der Waals surface area contributed by atoms with Crippen molar-refractivity contribution < 1.29 is 9.84 Å². The molecule has 0 amide bonds. The van der Waals surface area contributed by atoms with Crippen molar-refractivity contribution in [2.24, 2.45) is 11.8 Å². The standard InChI is InChI=1S/C9H20O2/c1-7(2)9(6-10)5-8(3)11-4/h7-10H,5-6H2,1-4H3. The van der Waals surface area contributed by atoms with Crippen molar-refractivity contribution in [2.45, 2.75) is 33.3 Å². The molecule has 0 heterocycles. The van der Waals surface area contributed by atoms with Crippen LogP contribution in [0.15, 0.2) is 0 Å². The van der Waals surface area contributed by atoms with Crippen molar-refractivity contribution in [2.75, 3.05) is 13.7 Å². The Morgan fingerprint density at radius 2 is 1.82 bits per heavy atom. The summed E-state index contributed by atoms with van der Waals surface area (Å²) >= 11 is 0. The highest BCUT2D eigenvalue weighted by molar-refractivity contribution is 4.65. The summed E-state index contributed by atoms with van der Waals surface area (Å²) in [5, 5.41) is 8.99. The maximum atomic E-state index is 8.99. The van der Waals surface area contributed by atoms with Crippen molar-refractivity contribution in [3.8, 4) is 0 Å². The van der Waals surface area contributed by atoms with E-state index in [-0.39, 0.29) is 12.7 Å². The second-order valence-corrected chi connectivity index (χ2v) is 3.47. The van der Waals surface area contributed by atoms with Gasteiger partial charge in [-0.15, -0.1) is 0 Å². The third kappa shape index (κ3) is 4.38. The fourth-order valence-corrected chi connectivity index (χ4v) is 1.08. The van der Waals surface area contributed by atoms with Crippen molar-refractivity contribution in [1.29, 1.82) is 0 Å². The molecule has 2 heteroatoms. The fraction of sp³-hybridized carbons (Fsp3) is 1.00. The number of ether oxygens (including phenoxy) is 1. The summed E-state index contributed by atoms with van der Waals surface area (Å²) in [5.41, 5.74) is 0. The van der Waals surface area contributed by atoms with Crippen molar-refractivity contribution in [3.05, 3.63) is 0 Å². The average molecular weight is 160 g/mol. The van der Waals surface area contributed by atoms with Crippen LogP contribution in [0.4, 0.5) is 0 Å². The smallest absolute Gasteiger partial charge is 0.0546 e. The Balaban J connectivity index is 3.68. The number of aliphatic hydroxyl groups excluding tert-OH is 1. The molecule has 0 aromatic carbocycles. The van der Waals surface area contributed by atoms with Crippen LogP contribution in [0.5, 0.6) is 0 Å². The van der Waals surface area contributed by atoms with E-state index in [0.717, 1.165) is 6.42 Å². The third-order valence-electron chi connectivity index (χ3n) is 2.21. The van der Waals surface area contributed by atoms with Gasteiger partial charge in [0.25, 0.3) is 0 Å². The highest BCUT2D eigenvalue weighted by Crippen LogP contribution is 2.17. The van der Waals surface area contributed by atoms with Crippen molar-refractivity contribution in [1.82, 2.24) is 0 Å². The normalized spacial score (nSPS) is 16.9. The molecule has 2 nitrogen and oxygen atoms in total. The summed E-state index contributed by atoms with van der Waals surface area (Å²) < 4.78 is 5.12. The van der Waals surface area contributed by atoms with Gasteiger partial charge in [0.05, 0.1) is 6.10 Å². The molecule has 68 valence electrons. The first-order valence-electron chi connectivity index (χ1n) is 4.25. The van der Waals surface area contributed by atoms with Gasteiger partial charge in [0.1, 0.15) is 0 Å². The summed E-state index contributed by atoms with van der Waals surface area (Å²) in [6, 6.07) is 0. The molecule has 2 atom stereocenters. The number of rotatable bonds is 5. The minimum Gasteiger partial charge on any atom is -0.396 e. The Bertz CT molecular complexity index is 91.6. The number of hydrogen-bond donors (Lipinski definition) is 1. The van der Waals surface area contributed by atoms with Gasteiger partial charge in [0, 0.05) is 13.7 Å². The number of aliphatic hydroxyl groups is 1. The molecular weight excluding hydrogens is 140 g/mol. The zero-order valence-electron chi connectivity index (χ0n) is 8.00. The summed E-state index contributed by atoms with van der Waals surface area (Å²) in [6.07, 6.45) is 1.21. The fourth-order valence-electron chi connectivity index (χ4n) is 1.08. The van der Waals surface area contributed by atoms with Crippen LogP contribution in [-0.4, -0.2) is 24.9 Å². The molecule has 0 aliphatic carbocycles. The minimum absolute atomic E-state index is 0.259. The first kappa shape index (κ1) is 10.9. The van der Waals surface area contributed by atoms with Gasteiger partial charge in [0.15, 0.2) is 0 Å². The maximum Gasteiger partial charge on any atom is 0.0546 e. The van der Waals surface area contributed by atoms with Gasteiger partial charge < -0.3 is 9.84 Å². The Morgan fingerprint density at radius 1 is 1.27 bits per heavy atom. The number of hydrogen-bond acceptors (Lipinski definition) is 2. The zero-order valence-corrected chi connectivity index (χ0v) is 8.00. The maximum absolute atomic E-state index is 8.99. The Kier molecular flexibility index (Phi) is 5.51. The van der Waals surface area contributed by atoms with Gasteiger partial charge in [-0.3, -0.25) is 0 Å². The third-order valence-corrected chi connectivity index (χ3v) is 2.21. The topological polar surface area (TPSA) is 29.5 Å². The van der Waals surface area contributed by atoms with Crippen LogP contribution in [0.1, 0.15) is 27.2 Å². The predicted molar refractivity (Wildman–Crippen MR) is 46.5 cm³/mol. The van der Waals surface area contributed by atoms with Crippen molar-refractivity contribution >= 4 is 0 Å². The first-order chi connectivity index (χ1) is 5.11. The van der Waals surface area contributed by atoms with E-state index in [1.807, 2.05) is 6.92 Å². The zero-order chi connectivity index (χ0) is 8.85. The highest BCUT2D eigenvalue weighted by Gasteiger charge is 2.15. The van der Waals surface area contributed by atoms with Gasteiger partial charge in [-0.1, -0.05) is 13.8 Å². The monoisotopic (exact) mass is 160 g/mol. The Morgan fingerprint density at radius 3 is 2.09 bits per heavy atom. The van der Waals surface area contributed by atoms with Gasteiger partial charge >= 0.3 is 0 Å². The van der Waals surface area contributed by atoms with E-state index in [9.17, 15) is 0 Å². The first-order valence-corrected chi connectivity index (χ1v) is 4.25. The average Bonchev–Trinajstić information content (AvgIpc) is 1.99. The summed E-state index contributed by atoms with van der Waals surface area (Å²) in [7, 11) is 1.71. The molecule has 0 rings (SSSR count). The van der Waals surface area contributed by atoms with Crippen LogP contribution >= 0.6 is 0 Å². The second kappa shape index (κ2) is 5.56. The van der Waals surface area contributed by atoms with Crippen LogP contribution in [0.25, 0.3) is 0 Å². The SMILES string of the molecule is COC(C)CC(CO)C(C)C. The van der Waals surface area contributed by atoms with E-state index in [1.54, 1.807) is 7.11 Å². The van der Waals surface area contributed by atoms with Crippen LogP contribution in [0.2, 0.25) is 0 Å². The minimum atomic E-state index is 0.259. The molecule has 0 saturated carbocycles. The lowest BCUT2D eigenvalue weighted by Gasteiger charge is -2.21. The van der Waals surface area contributed by atoms with Gasteiger partial charge in [-0.05, 0) is 25.2 Å². The van der Waals surface area contributed by atoms with Crippen molar-refractivity contribution in [3.63, 3.8) is 0 Å². The molecule has 2 unspecified atom stereocenters. The summed E-state index contributed by atoms with van der Waals surface area (Å²) in [4.78, 5) is 0. The second-order valence-electron chi connectivity index (χ2n) is 3.47. The van der Waals surface area contributed by atoms with Gasteiger partial charge in [0.2, 0.25) is 0 Å². The van der Waals surface area contributed by atoms with Gasteiger partial charge in [-0.25, -0.2) is 0 Å². The lowest BCUT2D eigenvalue weighted by molar-refractivity contribution is 0.0680. The van der Waals surface area contributed by atoms with Crippen LogP contribution in [0, 0.1) is 11.8 Å². The molecule has 0 saturated heterocycles. The molecule has 0 spiro atoms. The van der Waals surface area contributed by atoms with E-state index in [1.165, 1.54) is 0 Å². The van der Waals surface area contributed by atoms with Crippen LogP contribution < -0.4 is 0 Å². The van der Waals surface area contributed by atoms with Crippen LogP contribution in [0.3, 0.4) is 0 Å².